The molecule has 2 amide bonds. The summed E-state index contributed by atoms with van der Waals surface area (Å²) >= 11 is 0. The average molecular weight is 981 g/mol. The van der Waals surface area contributed by atoms with E-state index >= 15 is 0 Å². The lowest BCUT2D eigenvalue weighted by Crippen LogP contribution is -2.53. The van der Waals surface area contributed by atoms with Crippen LogP contribution < -0.4 is 21.1 Å². The van der Waals surface area contributed by atoms with E-state index in [1.807, 2.05) is 31.2 Å². The third kappa shape index (κ3) is 8.43. The molecule has 2 aliphatic carbocycles. The number of nitrogens with one attached hydrogen (secondary N) is 2. The summed E-state index contributed by atoms with van der Waals surface area (Å²) in [4.78, 5) is 59.9. The van der Waals surface area contributed by atoms with E-state index in [1.54, 1.807) is 6.07 Å². The van der Waals surface area contributed by atoms with Crippen molar-refractivity contribution < 1.29 is 28.0 Å². The van der Waals surface area contributed by atoms with E-state index in [0.717, 1.165) is 96.6 Å². The highest BCUT2D eigenvalue weighted by molar-refractivity contribution is 6.09. The van der Waals surface area contributed by atoms with Gasteiger partial charge in [-0.3, -0.25) is 24.6 Å². The first-order valence-electron chi connectivity index (χ1n) is 25.5. The first-order valence-corrected chi connectivity index (χ1v) is 25.5. The van der Waals surface area contributed by atoms with Crippen molar-refractivity contribution in [1.82, 2.24) is 49.2 Å². The van der Waals surface area contributed by atoms with Crippen LogP contribution in [0.3, 0.4) is 0 Å². The maximum Gasteiger partial charge on any atom is 0.278 e. The smallest absolute Gasteiger partial charge is 0.278 e. The van der Waals surface area contributed by atoms with Gasteiger partial charge in [0.2, 0.25) is 17.8 Å². The number of hydrogen-bond acceptors (Lipinski definition) is 13. The van der Waals surface area contributed by atoms with Crippen LogP contribution in [0, 0.1) is 5.92 Å². The molecule has 72 heavy (non-hydrogen) atoms. The number of carbonyl (C=O) groups is 2. The van der Waals surface area contributed by atoms with E-state index in [-0.39, 0.29) is 28.8 Å². The first-order chi connectivity index (χ1) is 35.0. The Morgan fingerprint density at radius 2 is 1.72 bits per heavy atom. The zero-order valence-electron chi connectivity index (χ0n) is 40.3. The summed E-state index contributed by atoms with van der Waals surface area (Å²) in [5.41, 5.74) is 4.32. The fourth-order valence-electron chi connectivity index (χ4n) is 12.4. The van der Waals surface area contributed by atoms with Gasteiger partial charge in [0.05, 0.1) is 23.5 Å². The molecule has 2 unspecified atom stereocenters. The second kappa shape index (κ2) is 18.7. The number of imide groups is 1. The molecule has 12 rings (SSSR count). The molecule has 1 saturated carbocycles. The number of amides is 2. The number of allylic oxidation sites excluding steroid dienone is 1. The molecule has 4 fully saturated rings. The molecule has 17 nitrogen and oxygen atoms in total. The molecule has 2 aromatic carbocycles. The maximum atomic E-state index is 13.6. The Kier molecular flexibility index (Phi) is 12.0. The first kappa shape index (κ1) is 46.3. The molecule has 5 aliphatic rings. The molecule has 0 bridgehead atoms. The fourth-order valence-corrected chi connectivity index (χ4v) is 12.4. The van der Waals surface area contributed by atoms with Crippen molar-refractivity contribution in [3.8, 4) is 5.82 Å². The lowest BCUT2D eigenvalue weighted by Gasteiger charge is -2.43. The van der Waals surface area contributed by atoms with Crippen molar-refractivity contribution in [3.63, 3.8) is 0 Å². The molecular formula is C53H58F2N12O5. The number of rotatable bonds is 12. The number of fused-ring (bicyclic) bond motifs is 5. The van der Waals surface area contributed by atoms with Gasteiger partial charge >= 0.3 is 0 Å². The molecule has 4 atom stereocenters. The lowest BCUT2D eigenvalue weighted by atomic mass is 9.92. The predicted octanol–water partition coefficient (Wildman–Crippen LogP) is 7.29. The van der Waals surface area contributed by atoms with E-state index < -0.39 is 29.7 Å². The van der Waals surface area contributed by atoms with Crippen molar-refractivity contribution in [2.24, 2.45) is 5.92 Å². The van der Waals surface area contributed by atoms with Crippen LogP contribution in [0.1, 0.15) is 93.6 Å². The number of anilines is 3. The predicted molar refractivity (Wildman–Crippen MR) is 268 cm³/mol. The summed E-state index contributed by atoms with van der Waals surface area (Å²) in [7, 11) is 0. The van der Waals surface area contributed by atoms with Gasteiger partial charge in [-0.25, -0.2) is 19.3 Å². The van der Waals surface area contributed by atoms with Crippen LogP contribution >= 0.6 is 0 Å². The average Bonchev–Trinajstić information content (AvgIpc) is 4.24. The van der Waals surface area contributed by atoms with E-state index in [4.69, 9.17) is 14.5 Å². The van der Waals surface area contributed by atoms with Gasteiger partial charge in [-0.05, 0) is 131 Å². The summed E-state index contributed by atoms with van der Waals surface area (Å²) < 4.78 is 37.4. The number of aromatic nitrogens is 7. The van der Waals surface area contributed by atoms with Crippen LogP contribution in [-0.2, 0) is 28.2 Å². The number of pyridine rings is 1. The molecule has 374 valence electrons. The van der Waals surface area contributed by atoms with Gasteiger partial charge in [0.15, 0.2) is 17.0 Å². The van der Waals surface area contributed by atoms with Crippen LogP contribution in [0.15, 0.2) is 88.5 Å². The van der Waals surface area contributed by atoms with Crippen molar-refractivity contribution in [3.05, 3.63) is 106 Å². The Labute approximate surface area is 413 Å². The SMILES string of the molecule is CC[C@@]1(O)CCc2ccc(-n3c4nc(Nc5ccc(N6CCN(C7CCN(C[C@@H]8CCC(n9ccc%10c%11c(C%12CCC(=O)NC%12=O)noc%11ccc%109)C8)CC7)CC6)cc5)ncc4c(=O)n3CC=C(F)F)nc21. The van der Waals surface area contributed by atoms with Crippen molar-refractivity contribution in [2.45, 2.75) is 101 Å². The fraction of sp³-hybridized carbons (Fsp3) is 0.453. The quantitative estimate of drug-likeness (QED) is 0.104. The molecule has 3 N–H and O–H groups in total. The maximum absolute atomic E-state index is 13.6. The Morgan fingerprint density at radius 3 is 2.50 bits per heavy atom. The Bertz CT molecular complexity index is 3310. The molecule has 3 aliphatic heterocycles. The number of carbonyl (C=O) groups excluding carboxylic acids is 2. The monoisotopic (exact) mass is 980 g/mol. The second-order valence-corrected chi connectivity index (χ2v) is 20.4. The number of aliphatic hydroxyl groups is 1. The highest BCUT2D eigenvalue weighted by atomic mass is 19.3. The van der Waals surface area contributed by atoms with Crippen LogP contribution in [0.5, 0.6) is 0 Å². The van der Waals surface area contributed by atoms with Gasteiger partial charge in [0, 0.05) is 92.0 Å². The van der Waals surface area contributed by atoms with Gasteiger partial charge in [-0.1, -0.05) is 18.1 Å². The van der Waals surface area contributed by atoms with Crippen molar-refractivity contribution in [2.75, 3.05) is 56.0 Å². The largest absolute Gasteiger partial charge is 0.384 e. The van der Waals surface area contributed by atoms with Crippen molar-refractivity contribution in [1.29, 1.82) is 0 Å². The lowest BCUT2D eigenvalue weighted by molar-refractivity contribution is -0.134. The zero-order valence-corrected chi connectivity index (χ0v) is 40.3. The van der Waals surface area contributed by atoms with E-state index in [0.29, 0.717) is 79.0 Å². The van der Waals surface area contributed by atoms with E-state index in [2.05, 4.69) is 70.5 Å². The van der Waals surface area contributed by atoms with Gasteiger partial charge in [0.25, 0.3) is 11.6 Å². The molecular weight excluding hydrogens is 923 g/mol. The minimum atomic E-state index is -1.91. The second-order valence-electron chi connectivity index (χ2n) is 20.4. The van der Waals surface area contributed by atoms with Gasteiger partial charge in [-0.15, -0.1) is 0 Å². The highest BCUT2D eigenvalue weighted by Gasteiger charge is 2.38. The topological polar surface area (TPSA) is 185 Å². The number of nitrogens with zero attached hydrogens (tertiary/aromatic N) is 10. The number of hydrogen-bond donors (Lipinski definition) is 3. The Balaban J connectivity index is 0.643. The summed E-state index contributed by atoms with van der Waals surface area (Å²) in [6, 6.07) is 18.9. The molecule has 3 saturated heterocycles. The summed E-state index contributed by atoms with van der Waals surface area (Å²) in [6.45, 7) is 8.75. The number of piperazine rings is 1. The van der Waals surface area contributed by atoms with Crippen LogP contribution in [0.25, 0.3) is 38.7 Å². The standard InChI is InChI=1S/C53H58F2N12O5/c1-2-53(71)20-15-33-4-13-44(58-48(33)53)67-49-40(51(70)66(67)24-19-43(54)55)30-56-52(60-49)57-34-5-8-35(9-6-34)63-25-27-64(28-26-63)36-16-21-62(22-17-36)31-32-3-7-37(29-32)65-23-18-38-41(65)11-12-42-46(38)47(61-72-42)39-10-14-45(68)59-50(39)69/h4-6,8-9,11-13,18-19,23,30,32,36-37,39,71H,2-3,7,10,14-17,20-22,24-29,31H2,1H3,(H,56,57,60)(H,59,68,69)/t32-,37?,39?,53-/m1/s1. The van der Waals surface area contributed by atoms with Crippen LogP contribution in [0.2, 0.25) is 0 Å². The minimum absolute atomic E-state index is 0.157. The zero-order chi connectivity index (χ0) is 49.3. The van der Waals surface area contributed by atoms with Crippen LogP contribution in [0.4, 0.5) is 26.1 Å². The number of aryl methyl sites for hydroxylation is 1. The number of likely N-dealkylation sites (tertiary alicyclic amines) is 1. The van der Waals surface area contributed by atoms with E-state index in [9.17, 15) is 28.3 Å². The van der Waals surface area contributed by atoms with Gasteiger partial charge < -0.3 is 29.3 Å². The highest BCUT2D eigenvalue weighted by Crippen LogP contribution is 2.42. The molecule has 8 heterocycles. The molecule has 0 spiro atoms. The number of halogens is 2. The van der Waals surface area contributed by atoms with Gasteiger partial charge in [-0.2, -0.15) is 13.8 Å². The molecule has 0 radical (unpaired) electrons. The Hall–Kier alpha value is -6.83. The number of piperidine rings is 2. The summed E-state index contributed by atoms with van der Waals surface area (Å²) in [5.74, 6) is 0.123. The number of benzene rings is 2. The molecule has 7 aromatic rings. The van der Waals surface area contributed by atoms with Gasteiger partial charge in [0.1, 0.15) is 16.7 Å². The molecule has 5 aromatic heterocycles. The summed E-state index contributed by atoms with van der Waals surface area (Å²) in [6.07, 6.45) is 10.6. The third-order valence-corrected chi connectivity index (χ3v) is 16.3. The summed E-state index contributed by atoms with van der Waals surface area (Å²) in [5, 5.41) is 23.4. The third-order valence-electron chi connectivity index (χ3n) is 16.3. The van der Waals surface area contributed by atoms with Crippen LogP contribution in [-0.4, -0.2) is 113 Å². The van der Waals surface area contributed by atoms with Crippen molar-refractivity contribution >= 4 is 62.0 Å². The normalized spacial score (nSPS) is 23.4. The Morgan fingerprint density at radius 1 is 0.903 bits per heavy atom. The molecule has 19 heteroatoms. The minimum Gasteiger partial charge on any atom is -0.384 e. The van der Waals surface area contributed by atoms with E-state index in [1.165, 1.54) is 30.1 Å².